The lowest BCUT2D eigenvalue weighted by molar-refractivity contribution is -0.162. The molecule has 0 heterocycles. The molecule has 4 atom stereocenters. The van der Waals surface area contributed by atoms with Crippen LogP contribution in [0.15, 0.2) is 12.2 Å². The van der Waals surface area contributed by atoms with E-state index in [-0.39, 0.29) is 11.6 Å². The van der Waals surface area contributed by atoms with Crippen LogP contribution in [0.4, 0.5) is 0 Å². The second-order valence-electron chi connectivity index (χ2n) is 5.86. The Balaban J connectivity index is 2.15. The van der Waals surface area contributed by atoms with Crippen molar-refractivity contribution >= 4 is 5.97 Å². The van der Waals surface area contributed by atoms with Crippen molar-refractivity contribution in [2.75, 3.05) is 13.7 Å². The Bertz CT molecular complexity index is 350. The van der Waals surface area contributed by atoms with E-state index in [9.17, 15) is 4.79 Å². The van der Waals surface area contributed by atoms with Crippen molar-refractivity contribution in [1.29, 1.82) is 0 Å². The normalized spacial score (nSPS) is 37.8. The van der Waals surface area contributed by atoms with Crippen LogP contribution in [0, 0.1) is 17.8 Å². The van der Waals surface area contributed by atoms with Gasteiger partial charge in [0, 0.05) is 25.2 Å². The van der Waals surface area contributed by atoms with Crippen LogP contribution in [0.1, 0.15) is 39.5 Å². The molecule has 0 aromatic heterocycles. The first-order valence-electron chi connectivity index (χ1n) is 6.92. The third kappa shape index (κ3) is 2.09. The zero-order chi connectivity index (χ0) is 13.3. The van der Waals surface area contributed by atoms with Gasteiger partial charge in [-0.25, -0.2) is 4.79 Å². The number of hydrogen-bond donors (Lipinski definition) is 0. The number of ether oxygens (including phenoxy) is 2. The molecule has 18 heavy (non-hydrogen) atoms. The predicted octanol–water partition coefficient (Wildman–Crippen LogP) is 2.95. The molecule has 4 unspecified atom stereocenters. The van der Waals surface area contributed by atoms with Gasteiger partial charge in [-0.2, -0.15) is 0 Å². The zero-order valence-electron chi connectivity index (χ0n) is 11.7. The highest BCUT2D eigenvalue weighted by Crippen LogP contribution is 2.57. The van der Waals surface area contributed by atoms with E-state index in [0.717, 1.165) is 25.9 Å². The molecule has 0 aliphatic heterocycles. The molecule has 3 nitrogen and oxygen atoms in total. The zero-order valence-corrected chi connectivity index (χ0v) is 11.7. The maximum atomic E-state index is 11.9. The van der Waals surface area contributed by atoms with E-state index < -0.39 is 0 Å². The molecule has 102 valence electrons. The van der Waals surface area contributed by atoms with Crippen LogP contribution in [0.25, 0.3) is 0 Å². The largest absolute Gasteiger partial charge is 0.455 e. The fourth-order valence-corrected chi connectivity index (χ4v) is 3.96. The van der Waals surface area contributed by atoms with Gasteiger partial charge >= 0.3 is 5.97 Å². The Kier molecular flexibility index (Phi) is 3.81. The minimum absolute atomic E-state index is 0.236. The summed E-state index contributed by atoms with van der Waals surface area (Å²) in [7, 11) is 1.76. The second kappa shape index (κ2) is 5.04. The Hall–Kier alpha value is -0.830. The van der Waals surface area contributed by atoms with E-state index in [4.69, 9.17) is 9.47 Å². The molecule has 0 spiro atoms. The van der Waals surface area contributed by atoms with Gasteiger partial charge in [0.05, 0.1) is 0 Å². The van der Waals surface area contributed by atoms with Gasteiger partial charge in [-0.15, -0.1) is 0 Å². The maximum absolute atomic E-state index is 11.9. The summed E-state index contributed by atoms with van der Waals surface area (Å²) < 4.78 is 11.2. The molecule has 0 aromatic rings. The van der Waals surface area contributed by atoms with Gasteiger partial charge in [0.2, 0.25) is 0 Å². The number of carbonyl (C=O) groups excluding carboxylic acids is 1. The summed E-state index contributed by atoms with van der Waals surface area (Å²) in [6.45, 7) is 8.31. The Labute approximate surface area is 110 Å². The quantitative estimate of drug-likeness (QED) is 0.557. The number of rotatable bonds is 5. The summed E-state index contributed by atoms with van der Waals surface area (Å²) in [6, 6.07) is 0. The van der Waals surface area contributed by atoms with E-state index >= 15 is 0 Å². The second-order valence-corrected chi connectivity index (χ2v) is 5.86. The number of methoxy groups -OCH3 is 1. The molecule has 2 aliphatic carbocycles. The highest BCUT2D eigenvalue weighted by Gasteiger charge is 2.58. The van der Waals surface area contributed by atoms with Crippen LogP contribution < -0.4 is 0 Å². The van der Waals surface area contributed by atoms with Crippen LogP contribution in [-0.2, 0) is 14.3 Å². The topological polar surface area (TPSA) is 35.5 Å². The average molecular weight is 252 g/mol. The lowest BCUT2D eigenvalue weighted by Gasteiger charge is -2.37. The standard InChI is InChI=1S/C15H24O3/c1-5-15(18-14(16)10(2)3)8-11-6-7-13(15)12(11)9-17-4/h11-13H,2,5-9H2,1,3-4H3. The van der Waals surface area contributed by atoms with Crippen molar-refractivity contribution in [2.45, 2.75) is 45.1 Å². The molecule has 3 heteroatoms. The van der Waals surface area contributed by atoms with Crippen LogP contribution in [0.2, 0.25) is 0 Å². The molecular weight excluding hydrogens is 228 g/mol. The van der Waals surface area contributed by atoms with Gasteiger partial charge < -0.3 is 9.47 Å². The van der Waals surface area contributed by atoms with Gasteiger partial charge in [-0.05, 0) is 44.4 Å². The molecule has 2 fully saturated rings. The van der Waals surface area contributed by atoms with E-state index in [0.29, 0.717) is 23.3 Å². The average Bonchev–Trinajstić information content (AvgIpc) is 2.85. The van der Waals surface area contributed by atoms with Crippen molar-refractivity contribution in [1.82, 2.24) is 0 Å². The molecule has 2 aliphatic rings. The maximum Gasteiger partial charge on any atom is 0.333 e. The van der Waals surface area contributed by atoms with Crippen molar-refractivity contribution in [2.24, 2.45) is 17.8 Å². The smallest absolute Gasteiger partial charge is 0.333 e. The third-order valence-corrected chi connectivity index (χ3v) is 4.86. The predicted molar refractivity (Wildman–Crippen MR) is 70.1 cm³/mol. The van der Waals surface area contributed by atoms with E-state index in [1.165, 1.54) is 6.42 Å². The molecule has 0 N–H and O–H groups in total. The van der Waals surface area contributed by atoms with E-state index in [1.54, 1.807) is 14.0 Å². The van der Waals surface area contributed by atoms with Crippen molar-refractivity contribution in [3.8, 4) is 0 Å². The van der Waals surface area contributed by atoms with Crippen LogP contribution in [0.5, 0.6) is 0 Å². The van der Waals surface area contributed by atoms with Gasteiger partial charge in [0.15, 0.2) is 0 Å². The summed E-state index contributed by atoms with van der Waals surface area (Å²) in [5, 5.41) is 0. The fourth-order valence-electron chi connectivity index (χ4n) is 3.96. The first-order chi connectivity index (χ1) is 8.54. The summed E-state index contributed by atoms with van der Waals surface area (Å²) >= 11 is 0. The molecule has 0 aromatic carbocycles. The fraction of sp³-hybridized carbons (Fsp3) is 0.800. The summed E-state index contributed by atoms with van der Waals surface area (Å²) in [4.78, 5) is 11.9. The minimum Gasteiger partial charge on any atom is -0.455 e. The van der Waals surface area contributed by atoms with Crippen molar-refractivity contribution in [3.05, 3.63) is 12.2 Å². The Morgan fingerprint density at radius 1 is 1.44 bits per heavy atom. The molecule has 2 bridgehead atoms. The molecule has 0 radical (unpaired) electrons. The summed E-state index contributed by atoms with van der Waals surface area (Å²) in [5.74, 6) is 1.46. The van der Waals surface area contributed by atoms with E-state index in [2.05, 4.69) is 13.5 Å². The lowest BCUT2D eigenvalue weighted by atomic mass is 9.81. The third-order valence-electron chi connectivity index (χ3n) is 4.86. The molecule has 2 rings (SSSR count). The Morgan fingerprint density at radius 2 is 2.17 bits per heavy atom. The number of fused-ring (bicyclic) bond motifs is 2. The van der Waals surface area contributed by atoms with Gasteiger partial charge in [-0.3, -0.25) is 0 Å². The van der Waals surface area contributed by atoms with Crippen molar-refractivity contribution < 1.29 is 14.3 Å². The van der Waals surface area contributed by atoms with Crippen LogP contribution in [-0.4, -0.2) is 25.3 Å². The highest BCUT2D eigenvalue weighted by atomic mass is 16.6. The first-order valence-corrected chi connectivity index (χ1v) is 6.92. The number of hydrogen-bond acceptors (Lipinski definition) is 3. The van der Waals surface area contributed by atoms with Gasteiger partial charge in [0.1, 0.15) is 5.60 Å². The highest BCUT2D eigenvalue weighted by molar-refractivity contribution is 5.87. The number of carbonyl (C=O) groups is 1. The number of esters is 1. The molecule has 0 saturated heterocycles. The van der Waals surface area contributed by atoms with Gasteiger partial charge in [0.25, 0.3) is 0 Å². The molecule has 2 saturated carbocycles. The Morgan fingerprint density at radius 3 is 2.72 bits per heavy atom. The van der Waals surface area contributed by atoms with Crippen molar-refractivity contribution in [3.63, 3.8) is 0 Å². The summed E-state index contributed by atoms with van der Waals surface area (Å²) in [6.07, 6.45) is 4.32. The minimum atomic E-state index is -0.262. The monoisotopic (exact) mass is 252 g/mol. The van der Waals surface area contributed by atoms with Crippen LogP contribution >= 0.6 is 0 Å². The lowest BCUT2D eigenvalue weighted by Crippen LogP contribution is -2.41. The molecular formula is C15H24O3. The summed E-state index contributed by atoms with van der Waals surface area (Å²) in [5.41, 5.74) is 0.233. The van der Waals surface area contributed by atoms with E-state index in [1.807, 2.05) is 0 Å². The first kappa shape index (κ1) is 13.6. The SMILES string of the molecule is C=C(C)C(=O)OC1(CC)CC2CCC1C2COC. The van der Waals surface area contributed by atoms with Crippen LogP contribution in [0.3, 0.4) is 0 Å². The molecule has 0 amide bonds. The van der Waals surface area contributed by atoms with Gasteiger partial charge in [-0.1, -0.05) is 13.5 Å².